The maximum atomic E-state index is 7.94. The maximum Gasteiger partial charge on any atom is 0.188 e. The van der Waals surface area contributed by atoms with Gasteiger partial charge in [0.1, 0.15) is 0 Å². The van der Waals surface area contributed by atoms with Crippen LogP contribution in [0.2, 0.25) is 0 Å². The molecular weight excluding hydrogens is 847 g/mol. The van der Waals surface area contributed by atoms with E-state index in [-0.39, 0.29) is 0 Å². The van der Waals surface area contributed by atoms with Crippen molar-refractivity contribution in [1.82, 2.24) is 9.13 Å². The summed E-state index contributed by atoms with van der Waals surface area (Å²) in [5, 5.41) is 4.79. The minimum atomic E-state index is 0.628. The number of fused-ring (bicyclic) bond motifs is 6. The van der Waals surface area contributed by atoms with Gasteiger partial charge in [-0.15, -0.1) is 0 Å². The molecule has 0 saturated carbocycles. The molecule has 0 aliphatic heterocycles. The number of nitrogens with zero attached hydrogens (tertiary/aromatic N) is 3. The Morgan fingerprint density at radius 1 is 0.229 bits per heavy atom. The molecule has 0 aliphatic carbocycles. The van der Waals surface area contributed by atoms with E-state index < -0.39 is 0 Å². The highest BCUT2D eigenvalue weighted by Crippen LogP contribution is 2.41. The van der Waals surface area contributed by atoms with Crippen molar-refractivity contribution in [3.8, 4) is 78.1 Å². The van der Waals surface area contributed by atoms with E-state index in [9.17, 15) is 0 Å². The van der Waals surface area contributed by atoms with Crippen LogP contribution in [0.3, 0.4) is 0 Å². The summed E-state index contributed by atoms with van der Waals surface area (Å²) in [4.78, 5) is 3.88. The Kier molecular flexibility index (Phi) is 9.89. The third-order valence-corrected chi connectivity index (χ3v) is 13.9. The van der Waals surface area contributed by atoms with Crippen molar-refractivity contribution in [3.05, 3.63) is 272 Å². The third-order valence-electron chi connectivity index (χ3n) is 13.9. The zero-order valence-electron chi connectivity index (χ0n) is 38.2. The molecule has 326 valence electrons. The quantitative estimate of drug-likeness (QED) is 0.135. The standard InChI is InChI=1S/C67H43N3/c1-68-57-39-55(46-17-8-3-9-18-46)38-56(40-57)54-32-36-67-63(44-54)61-42-52(30-34-65(61)70(67)59-23-12-5-13-24-59)48-27-25-47(26-28-48)51-29-33-64-60(41-51)62-43-53(31-35-66(62)69(64)58-21-10-4-11-22-58)50-20-14-19-49(37-50)45-15-6-2-7-16-45/h2-44H. The molecule has 2 aromatic heterocycles. The van der Waals surface area contributed by atoms with Gasteiger partial charge in [-0.05, 0) is 164 Å². The van der Waals surface area contributed by atoms with Gasteiger partial charge in [-0.3, -0.25) is 0 Å². The summed E-state index contributed by atoms with van der Waals surface area (Å²) in [6.45, 7) is 7.94. The summed E-state index contributed by atoms with van der Waals surface area (Å²) >= 11 is 0. The monoisotopic (exact) mass is 889 g/mol. The van der Waals surface area contributed by atoms with Crippen LogP contribution in [-0.2, 0) is 0 Å². The van der Waals surface area contributed by atoms with Gasteiger partial charge >= 0.3 is 0 Å². The van der Waals surface area contributed by atoms with Crippen molar-refractivity contribution in [2.75, 3.05) is 0 Å². The second kappa shape index (κ2) is 17.0. The number of hydrogen-bond donors (Lipinski definition) is 0. The summed E-state index contributed by atoms with van der Waals surface area (Å²) < 4.78 is 4.75. The summed E-state index contributed by atoms with van der Waals surface area (Å²) in [5.74, 6) is 0. The Morgan fingerprint density at radius 3 is 0.914 bits per heavy atom. The molecular formula is C67H43N3. The molecule has 0 amide bonds. The molecule has 13 rings (SSSR count). The second-order valence-electron chi connectivity index (χ2n) is 18.0. The average molecular weight is 890 g/mol. The smallest absolute Gasteiger partial charge is 0.188 e. The van der Waals surface area contributed by atoms with Gasteiger partial charge in [0.2, 0.25) is 0 Å². The Balaban J connectivity index is 0.900. The van der Waals surface area contributed by atoms with E-state index in [0.29, 0.717) is 5.69 Å². The van der Waals surface area contributed by atoms with Gasteiger partial charge in [0.05, 0.1) is 28.6 Å². The molecule has 0 spiro atoms. The van der Waals surface area contributed by atoms with Crippen LogP contribution in [0.1, 0.15) is 0 Å². The largest absolute Gasteiger partial charge is 0.309 e. The first-order valence-corrected chi connectivity index (χ1v) is 23.8. The maximum absolute atomic E-state index is 7.94. The van der Waals surface area contributed by atoms with Gasteiger partial charge < -0.3 is 9.13 Å². The highest BCUT2D eigenvalue weighted by molar-refractivity contribution is 6.13. The SMILES string of the molecule is [C-]#[N+]c1cc(-c2ccccc2)cc(-c2ccc3c(c2)c2cc(-c4ccc(-c5ccc6c(c5)c5cc(-c7cccc(-c8ccccc8)c7)ccc5n6-c5ccccc5)cc4)ccc2n3-c2ccccc2)c1. The van der Waals surface area contributed by atoms with E-state index in [0.717, 1.165) is 55.8 Å². The predicted octanol–water partition coefficient (Wildman–Crippen LogP) is 18.4. The van der Waals surface area contributed by atoms with E-state index in [1.807, 2.05) is 30.3 Å². The fourth-order valence-electron chi connectivity index (χ4n) is 10.5. The molecule has 0 saturated heterocycles. The lowest BCUT2D eigenvalue weighted by Crippen LogP contribution is -1.93. The van der Waals surface area contributed by atoms with Crippen LogP contribution >= 0.6 is 0 Å². The van der Waals surface area contributed by atoms with Crippen molar-refractivity contribution >= 4 is 49.3 Å². The number of para-hydroxylation sites is 2. The van der Waals surface area contributed by atoms with Crippen LogP contribution in [0.25, 0.3) is 127 Å². The van der Waals surface area contributed by atoms with E-state index in [1.165, 1.54) is 66.0 Å². The molecule has 3 nitrogen and oxygen atoms in total. The van der Waals surface area contributed by atoms with Gasteiger partial charge in [-0.2, -0.15) is 0 Å². The highest BCUT2D eigenvalue weighted by Gasteiger charge is 2.18. The Labute approximate surface area is 406 Å². The lowest BCUT2D eigenvalue weighted by Gasteiger charge is -2.10. The summed E-state index contributed by atoms with van der Waals surface area (Å²) in [7, 11) is 0. The molecule has 0 atom stereocenters. The van der Waals surface area contributed by atoms with Crippen LogP contribution in [0.15, 0.2) is 261 Å². The van der Waals surface area contributed by atoms with Gasteiger partial charge in [0.15, 0.2) is 5.69 Å². The number of rotatable bonds is 8. The van der Waals surface area contributed by atoms with Gasteiger partial charge in [0.25, 0.3) is 0 Å². The van der Waals surface area contributed by atoms with E-state index in [4.69, 9.17) is 6.57 Å². The summed E-state index contributed by atoms with van der Waals surface area (Å²) in [5.41, 5.74) is 21.2. The van der Waals surface area contributed by atoms with Crippen molar-refractivity contribution < 1.29 is 0 Å². The third kappa shape index (κ3) is 7.15. The molecule has 11 aromatic carbocycles. The van der Waals surface area contributed by atoms with E-state index in [1.54, 1.807) is 0 Å². The molecule has 0 radical (unpaired) electrons. The lowest BCUT2D eigenvalue weighted by molar-refractivity contribution is 1.18. The number of aromatic nitrogens is 2. The van der Waals surface area contributed by atoms with E-state index in [2.05, 4.69) is 245 Å². The Morgan fingerprint density at radius 2 is 0.500 bits per heavy atom. The molecule has 0 unspecified atom stereocenters. The Hall–Kier alpha value is -9.49. The second-order valence-corrected chi connectivity index (χ2v) is 18.0. The minimum Gasteiger partial charge on any atom is -0.309 e. The van der Waals surface area contributed by atoms with Crippen LogP contribution in [0, 0.1) is 6.57 Å². The molecule has 3 heteroatoms. The van der Waals surface area contributed by atoms with E-state index >= 15 is 0 Å². The first-order valence-electron chi connectivity index (χ1n) is 23.8. The average Bonchev–Trinajstić information content (AvgIpc) is 3.95. The van der Waals surface area contributed by atoms with Crippen molar-refractivity contribution in [3.63, 3.8) is 0 Å². The fraction of sp³-hybridized carbons (Fsp3) is 0. The molecule has 0 aliphatic rings. The van der Waals surface area contributed by atoms with Crippen LogP contribution in [-0.4, -0.2) is 9.13 Å². The molecule has 70 heavy (non-hydrogen) atoms. The first-order chi connectivity index (χ1) is 34.6. The first kappa shape index (κ1) is 40.8. The fourth-order valence-corrected chi connectivity index (χ4v) is 10.5. The minimum absolute atomic E-state index is 0.628. The summed E-state index contributed by atoms with van der Waals surface area (Å²) in [6.07, 6.45) is 0. The van der Waals surface area contributed by atoms with Gasteiger partial charge in [-0.1, -0.05) is 164 Å². The Bertz CT molecular complexity index is 4140. The van der Waals surface area contributed by atoms with Crippen LogP contribution in [0.4, 0.5) is 5.69 Å². The van der Waals surface area contributed by atoms with Gasteiger partial charge in [-0.25, -0.2) is 4.85 Å². The van der Waals surface area contributed by atoms with Crippen molar-refractivity contribution in [2.45, 2.75) is 0 Å². The van der Waals surface area contributed by atoms with Gasteiger partial charge in [0, 0.05) is 32.9 Å². The normalized spacial score (nSPS) is 11.4. The van der Waals surface area contributed by atoms with Crippen LogP contribution < -0.4 is 0 Å². The number of hydrogen-bond acceptors (Lipinski definition) is 0. The molecule has 0 fully saturated rings. The van der Waals surface area contributed by atoms with Crippen molar-refractivity contribution in [2.24, 2.45) is 0 Å². The molecule has 2 heterocycles. The molecule has 0 bridgehead atoms. The zero-order valence-corrected chi connectivity index (χ0v) is 38.2. The molecule has 0 N–H and O–H groups in total. The lowest BCUT2D eigenvalue weighted by atomic mass is 9.96. The van der Waals surface area contributed by atoms with Crippen molar-refractivity contribution in [1.29, 1.82) is 0 Å². The zero-order chi connectivity index (χ0) is 46.5. The van der Waals surface area contributed by atoms with Crippen LogP contribution in [0.5, 0.6) is 0 Å². The number of benzene rings is 11. The summed E-state index contributed by atoms with van der Waals surface area (Å²) in [6, 6.07) is 93.7. The predicted molar refractivity (Wildman–Crippen MR) is 294 cm³/mol. The highest BCUT2D eigenvalue weighted by atomic mass is 15.0. The topological polar surface area (TPSA) is 14.2 Å². The molecule has 13 aromatic rings.